The Morgan fingerprint density at radius 1 is 0.968 bits per heavy atom. The second kappa shape index (κ2) is 9.94. The molecule has 10 nitrogen and oxygen atoms in total. The van der Waals surface area contributed by atoms with Gasteiger partial charge in [0.25, 0.3) is 0 Å². The van der Waals surface area contributed by atoms with Gasteiger partial charge in [-0.15, -0.1) is 0 Å². The molecule has 0 unspecified atom stereocenters. The van der Waals surface area contributed by atoms with Gasteiger partial charge in [0.15, 0.2) is 23.9 Å². The van der Waals surface area contributed by atoms with Gasteiger partial charge in [0.05, 0.1) is 18.8 Å². The summed E-state index contributed by atoms with van der Waals surface area (Å²) < 4.78 is 16.4. The lowest BCUT2D eigenvalue weighted by Crippen LogP contribution is -2.60. The van der Waals surface area contributed by atoms with Gasteiger partial charge in [-0.3, -0.25) is 0 Å². The van der Waals surface area contributed by atoms with Gasteiger partial charge >= 0.3 is 5.97 Å². The summed E-state index contributed by atoms with van der Waals surface area (Å²) >= 11 is 0. The van der Waals surface area contributed by atoms with E-state index in [0.717, 1.165) is 0 Å². The fourth-order valence-electron chi connectivity index (χ4n) is 3.12. The number of carbonyl (C=O) groups is 1. The zero-order valence-corrected chi connectivity index (χ0v) is 16.4. The van der Waals surface area contributed by atoms with E-state index in [1.165, 1.54) is 36.4 Å². The molecule has 0 aromatic heterocycles. The van der Waals surface area contributed by atoms with Crippen molar-refractivity contribution in [2.75, 3.05) is 13.2 Å². The van der Waals surface area contributed by atoms with Crippen LogP contribution in [0.15, 0.2) is 42.5 Å². The predicted octanol–water partition coefficient (Wildman–Crippen LogP) is 0.0271. The molecule has 3 rings (SSSR count). The van der Waals surface area contributed by atoms with E-state index in [0.29, 0.717) is 5.56 Å². The zero-order chi connectivity index (χ0) is 22.5. The van der Waals surface area contributed by atoms with Crippen molar-refractivity contribution < 1.29 is 49.6 Å². The maximum absolute atomic E-state index is 12.4. The zero-order valence-electron chi connectivity index (χ0n) is 16.4. The summed E-state index contributed by atoms with van der Waals surface area (Å²) in [5, 5.41) is 58.2. The SMILES string of the molecule is O=C(O[C@H]1[C@@H](OCCc2ccc(O)c(O)c2)O[C@H](CO)[C@@H](O)[C@@H]1O)c1ccc(O)cc1. The van der Waals surface area contributed by atoms with Crippen LogP contribution in [0.1, 0.15) is 15.9 Å². The third kappa shape index (κ3) is 5.43. The van der Waals surface area contributed by atoms with Crippen LogP contribution in [-0.4, -0.2) is 80.5 Å². The van der Waals surface area contributed by atoms with Crippen LogP contribution in [0.3, 0.4) is 0 Å². The maximum atomic E-state index is 12.4. The fourth-order valence-corrected chi connectivity index (χ4v) is 3.12. The average Bonchev–Trinajstić information content (AvgIpc) is 2.75. The van der Waals surface area contributed by atoms with E-state index in [2.05, 4.69) is 0 Å². The Balaban J connectivity index is 1.69. The first-order valence-electron chi connectivity index (χ1n) is 9.55. The highest BCUT2D eigenvalue weighted by Crippen LogP contribution is 2.27. The molecule has 1 aliphatic rings. The molecule has 168 valence electrons. The lowest BCUT2D eigenvalue weighted by atomic mass is 9.99. The molecule has 6 N–H and O–H groups in total. The van der Waals surface area contributed by atoms with E-state index >= 15 is 0 Å². The smallest absolute Gasteiger partial charge is 0.338 e. The summed E-state index contributed by atoms with van der Waals surface area (Å²) in [7, 11) is 0. The van der Waals surface area contributed by atoms with Crippen LogP contribution in [0.5, 0.6) is 17.2 Å². The molecule has 0 spiro atoms. The Kier molecular flexibility index (Phi) is 7.31. The van der Waals surface area contributed by atoms with E-state index in [9.17, 15) is 35.4 Å². The molecule has 1 aliphatic heterocycles. The van der Waals surface area contributed by atoms with Gasteiger partial charge in [-0.25, -0.2) is 4.79 Å². The number of benzene rings is 2. The number of carbonyl (C=O) groups excluding carboxylic acids is 1. The monoisotopic (exact) mass is 436 g/mol. The minimum Gasteiger partial charge on any atom is -0.508 e. The number of hydrogen-bond donors (Lipinski definition) is 6. The highest BCUT2D eigenvalue weighted by Gasteiger charge is 2.47. The van der Waals surface area contributed by atoms with Crippen LogP contribution in [0, 0.1) is 0 Å². The number of esters is 1. The van der Waals surface area contributed by atoms with Gasteiger partial charge in [-0.2, -0.15) is 0 Å². The van der Waals surface area contributed by atoms with Crippen molar-refractivity contribution in [3.05, 3.63) is 53.6 Å². The summed E-state index contributed by atoms with van der Waals surface area (Å²) in [5.74, 6) is -1.42. The van der Waals surface area contributed by atoms with Crippen LogP contribution in [-0.2, 0) is 20.6 Å². The number of hydrogen-bond acceptors (Lipinski definition) is 10. The Labute approximate surface area is 177 Å². The normalized spacial score (nSPS) is 25.8. The van der Waals surface area contributed by atoms with Crippen molar-refractivity contribution in [3.8, 4) is 17.2 Å². The highest BCUT2D eigenvalue weighted by atomic mass is 16.7. The molecule has 0 bridgehead atoms. The number of phenolic OH excluding ortho intramolecular Hbond substituents is 3. The first-order chi connectivity index (χ1) is 14.8. The quantitative estimate of drug-likeness (QED) is 0.257. The second-order valence-corrected chi connectivity index (χ2v) is 7.07. The van der Waals surface area contributed by atoms with Gasteiger partial charge in [-0.1, -0.05) is 6.07 Å². The van der Waals surface area contributed by atoms with Gasteiger partial charge in [0.2, 0.25) is 0 Å². The molecule has 2 aromatic carbocycles. The highest BCUT2D eigenvalue weighted by molar-refractivity contribution is 5.89. The van der Waals surface area contributed by atoms with E-state index in [1.807, 2.05) is 0 Å². The Hall–Kier alpha value is -2.89. The van der Waals surface area contributed by atoms with Crippen molar-refractivity contribution in [1.29, 1.82) is 0 Å². The molecule has 0 saturated carbocycles. The number of aliphatic hydroxyl groups excluding tert-OH is 3. The summed E-state index contributed by atoms with van der Waals surface area (Å²) in [5.41, 5.74) is 0.741. The molecular formula is C21H24O10. The first-order valence-corrected chi connectivity index (χ1v) is 9.55. The molecule has 1 saturated heterocycles. The Morgan fingerprint density at radius 3 is 2.32 bits per heavy atom. The van der Waals surface area contributed by atoms with Crippen molar-refractivity contribution >= 4 is 5.97 Å². The summed E-state index contributed by atoms with van der Waals surface area (Å²) in [6.07, 6.45) is -6.66. The lowest BCUT2D eigenvalue weighted by molar-refractivity contribution is -0.299. The molecule has 31 heavy (non-hydrogen) atoms. The van der Waals surface area contributed by atoms with E-state index in [1.54, 1.807) is 6.07 Å². The van der Waals surface area contributed by atoms with Crippen LogP contribution < -0.4 is 0 Å². The number of rotatable bonds is 7. The Bertz CT molecular complexity index is 884. The molecule has 2 aromatic rings. The average molecular weight is 436 g/mol. The largest absolute Gasteiger partial charge is 0.508 e. The van der Waals surface area contributed by atoms with Gasteiger partial charge < -0.3 is 44.8 Å². The minimum atomic E-state index is -1.59. The van der Waals surface area contributed by atoms with Crippen LogP contribution in [0.2, 0.25) is 0 Å². The molecule has 0 radical (unpaired) electrons. The van der Waals surface area contributed by atoms with E-state index < -0.39 is 43.3 Å². The van der Waals surface area contributed by atoms with Crippen LogP contribution in [0.4, 0.5) is 0 Å². The maximum Gasteiger partial charge on any atom is 0.338 e. The van der Waals surface area contributed by atoms with Crippen molar-refractivity contribution in [2.45, 2.75) is 37.1 Å². The number of phenols is 3. The standard InChI is InChI=1S/C21H24O10/c22-10-16-17(26)18(27)19(31-20(28)12-2-4-13(23)5-3-12)21(30-16)29-8-7-11-1-6-14(24)15(25)9-11/h1-6,9,16-19,21-27H,7-8,10H2/t16-,17-,18+,19-,21+/m1/s1. The molecule has 1 heterocycles. The summed E-state index contributed by atoms with van der Waals surface area (Å²) in [6.45, 7) is -0.578. The summed E-state index contributed by atoms with van der Waals surface area (Å²) in [4.78, 5) is 12.4. The number of aliphatic hydroxyl groups is 3. The summed E-state index contributed by atoms with van der Waals surface area (Å²) in [6, 6.07) is 9.51. The molecule has 0 amide bonds. The first kappa shape index (κ1) is 22.8. The second-order valence-electron chi connectivity index (χ2n) is 7.07. The van der Waals surface area contributed by atoms with Crippen molar-refractivity contribution in [3.63, 3.8) is 0 Å². The van der Waals surface area contributed by atoms with Gasteiger partial charge in [0.1, 0.15) is 24.1 Å². The van der Waals surface area contributed by atoms with Crippen molar-refractivity contribution in [2.24, 2.45) is 0 Å². The van der Waals surface area contributed by atoms with Gasteiger partial charge in [0, 0.05) is 0 Å². The minimum absolute atomic E-state index is 0.0170. The topological polar surface area (TPSA) is 166 Å². The van der Waals surface area contributed by atoms with Crippen molar-refractivity contribution in [1.82, 2.24) is 0 Å². The van der Waals surface area contributed by atoms with Gasteiger partial charge in [-0.05, 0) is 48.4 Å². The van der Waals surface area contributed by atoms with E-state index in [4.69, 9.17) is 14.2 Å². The lowest BCUT2D eigenvalue weighted by Gasteiger charge is -2.41. The van der Waals surface area contributed by atoms with E-state index in [-0.39, 0.29) is 35.8 Å². The fraction of sp³-hybridized carbons (Fsp3) is 0.381. The molecule has 1 fully saturated rings. The van der Waals surface area contributed by atoms with Crippen LogP contribution >= 0.6 is 0 Å². The molecular weight excluding hydrogens is 412 g/mol. The number of ether oxygens (including phenoxy) is 3. The molecule has 10 heteroatoms. The predicted molar refractivity (Wildman–Crippen MR) is 104 cm³/mol. The third-order valence-electron chi connectivity index (χ3n) is 4.88. The number of aromatic hydroxyl groups is 3. The molecule has 5 atom stereocenters. The molecule has 0 aliphatic carbocycles. The third-order valence-corrected chi connectivity index (χ3v) is 4.88. The Morgan fingerprint density at radius 2 is 1.68 bits per heavy atom. The van der Waals surface area contributed by atoms with Crippen LogP contribution in [0.25, 0.3) is 0 Å².